The van der Waals surface area contributed by atoms with Gasteiger partial charge in [-0.05, 0) is 25.5 Å². The van der Waals surface area contributed by atoms with E-state index in [4.69, 9.17) is 16.3 Å². The zero-order valence-electron chi connectivity index (χ0n) is 11.5. The van der Waals surface area contributed by atoms with Gasteiger partial charge in [0.2, 0.25) is 0 Å². The number of hydrogen-bond donors (Lipinski definition) is 1. The van der Waals surface area contributed by atoms with Crippen molar-refractivity contribution in [2.45, 2.75) is 26.5 Å². The van der Waals surface area contributed by atoms with Crippen LogP contribution in [0, 0.1) is 0 Å². The summed E-state index contributed by atoms with van der Waals surface area (Å²) in [6, 6.07) is 5.69. The van der Waals surface area contributed by atoms with E-state index >= 15 is 0 Å². The largest absolute Gasteiger partial charge is 0.374 e. The van der Waals surface area contributed by atoms with Crippen LogP contribution in [-0.2, 0) is 11.3 Å². The molecule has 0 saturated heterocycles. The molecule has 0 aromatic carbocycles. The molecule has 1 atom stereocenters. The van der Waals surface area contributed by atoms with E-state index in [1.165, 1.54) is 0 Å². The number of ether oxygens (including phenoxy) is 1. The van der Waals surface area contributed by atoms with E-state index in [0.29, 0.717) is 30.0 Å². The van der Waals surface area contributed by atoms with Crippen LogP contribution in [0.15, 0.2) is 30.6 Å². The number of aromatic nitrogens is 3. The van der Waals surface area contributed by atoms with Gasteiger partial charge in [-0.3, -0.25) is 4.98 Å². The lowest BCUT2D eigenvalue weighted by molar-refractivity contribution is 0.128. The molecule has 0 aliphatic rings. The third-order valence-corrected chi connectivity index (χ3v) is 2.92. The lowest BCUT2D eigenvalue weighted by Crippen LogP contribution is -2.10. The van der Waals surface area contributed by atoms with E-state index < -0.39 is 0 Å². The lowest BCUT2D eigenvalue weighted by atomic mass is 10.1. The number of anilines is 1. The second-order valence-corrected chi connectivity index (χ2v) is 4.67. The highest BCUT2D eigenvalue weighted by atomic mass is 35.5. The minimum atomic E-state index is 0.0783. The molecule has 0 saturated carbocycles. The highest BCUT2D eigenvalue weighted by Gasteiger charge is 2.08. The first kappa shape index (κ1) is 14.7. The first-order valence-electron chi connectivity index (χ1n) is 6.46. The Hall–Kier alpha value is -1.72. The van der Waals surface area contributed by atoms with Gasteiger partial charge in [-0.15, -0.1) is 0 Å². The van der Waals surface area contributed by atoms with Crippen molar-refractivity contribution in [1.82, 2.24) is 15.0 Å². The normalized spacial score (nSPS) is 12.2. The van der Waals surface area contributed by atoms with Crippen LogP contribution >= 0.6 is 11.6 Å². The van der Waals surface area contributed by atoms with Gasteiger partial charge in [-0.2, -0.15) is 0 Å². The number of nitrogens with one attached hydrogen (secondary N) is 1. The Balaban J connectivity index is 2.10. The van der Waals surface area contributed by atoms with Crippen molar-refractivity contribution in [3.63, 3.8) is 0 Å². The molecule has 0 radical (unpaired) electrons. The van der Waals surface area contributed by atoms with Gasteiger partial charge >= 0.3 is 0 Å². The van der Waals surface area contributed by atoms with Crippen LogP contribution < -0.4 is 5.32 Å². The van der Waals surface area contributed by atoms with Crippen molar-refractivity contribution in [3.8, 4) is 0 Å². The monoisotopic (exact) mass is 292 g/mol. The third kappa shape index (κ3) is 4.15. The zero-order valence-corrected chi connectivity index (χ0v) is 12.3. The van der Waals surface area contributed by atoms with E-state index in [2.05, 4.69) is 20.3 Å². The molecule has 0 aliphatic heterocycles. The van der Waals surface area contributed by atoms with Gasteiger partial charge < -0.3 is 10.1 Å². The Morgan fingerprint density at radius 2 is 2.25 bits per heavy atom. The molecule has 1 N–H and O–H groups in total. The predicted octanol–water partition coefficient (Wildman–Crippen LogP) is 3.23. The van der Waals surface area contributed by atoms with Crippen LogP contribution in [0.5, 0.6) is 0 Å². The van der Waals surface area contributed by atoms with Crippen molar-refractivity contribution in [2.24, 2.45) is 0 Å². The van der Waals surface area contributed by atoms with E-state index in [1.54, 1.807) is 12.3 Å². The molecule has 0 fully saturated rings. The van der Waals surface area contributed by atoms with E-state index in [9.17, 15) is 0 Å². The highest BCUT2D eigenvalue weighted by molar-refractivity contribution is 6.29. The predicted molar refractivity (Wildman–Crippen MR) is 78.6 cm³/mol. The molecule has 0 aliphatic carbocycles. The minimum absolute atomic E-state index is 0.0783. The molecule has 0 amide bonds. The molecule has 0 spiro atoms. The summed E-state index contributed by atoms with van der Waals surface area (Å²) in [7, 11) is 0. The first-order valence-corrected chi connectivity index (χ1v) is 6.84. The Morgan fingerprint density at radius 3 is 2.95 bits per heavy atom. The fraction of sp³-hybridized carbons (Fsp3) is 0.357. The topological polar surface area (TPSA) is 59.9 Å². The van der Waals surface area contributed by atoms with Gasteiger partial charge in [0.15, 0.2) is 5.82 Å². The maximum Gasteiger partial charge on any atom is 0.158 e. The summed E-state index contributed by atoms with van der Waals surface area (Å²) in [5.41, 5.74) is 1.08. The average molecular weight is 293 g/mol. The maximum absolute atomic E-state index is 6.00. The molecular formula is C14H17ClN4O. The number of halogens is 1. The number of hydrogen-bond acceptors (Lipinski definition) is 5. The molecular weight excluding hydrogens is 276 g/mol. The Labute approximate surface area is 123 Å². The number of nitrogens with zero attached hydrogens (tertiary/aromatic N) is 3. The summed E-state index contributed by atoms with van der Waals surface area (Å²) in [5.74, 6) is 1.25. The fourth-order valence-corrected chi connectivity index (χ4v) is 1.93. The summed E-state index contributed by atoms with van der Waals surface area (Å²) < 4.78 is 5.30. The summed E-state index contributed by atoms with van der Waals surface area (Å²) in [5, 5.41) is 3.68. The molecule has 2 aromatic heterocycles. The van der Waals surface area contributed by atoms with Gasteiger partial charge in [0.05, 0.1) is 6.04 Å². The van der Waals surface area contributed by atoms with E-state index in [0.717, 1.165) is 5.56 Å². The molecule has 106 valence electrons. The molecule has 5 nitrogen and oxygen atoms in total. The zero-order chi connectivity index (χ0) is 14.4. The molecule has 0 bridgehead atoms. The average Bonchev–Trinajstić information content (AvgIpc) is 2.45. The van der Waals surface area contributed by atoms with Gasteiger partial charge in [-0.25, -0.2) is 9.97 Å². The van der Waals surface area contributed by atoms with Gasteiger partial charge in [-0.1, -0.05) is 17.7 Å². The standard InChI is InChI=1S/C14H17ClN4O/c1-3-20-9-14-18-12(15)7-13(19-14)17-10(2)11-5-4-6-16-8-11/h4-8,10H,3,9H2,1-2H3,(H,17,18,19). The summed E-state index contributed by atoms with van der Waals surface area (Å²) >= 11 is 6.00. The number of rotatable bonds is 6. The third-order valence-electron chi connectivity index (χ3n) is 2.73. The van der Waals surface area contributed by atoms with Crippen LogP contribution in [0.4, 0.5) is 5.82 Å². The smallest absolute Gasteiger partial charge is 0.158 e. The highest BCUT2D eigenvalue weighted by Crippen LogP contribution is 2.19. The minimum Gasteiger partial charge on any atom is -0.374 e. The van der Waals surface area contributed by atoms with Crippen molar-refractivity contribution in [3.05, 3.63) is 47.1 Å². The van der Waals surface area contributed by atoms with Crippen molar-refractivity contribution >= 4 is 17.4 Å². The lowest BCUT2D eigenvalue weighted by Gasteiger charge is -2.15. The van der Waals surface area contributed by atoms with Crippen molar-refractivity contribution in [2.75, 3.05) is 11.9 Å². The van der Waals surface area contributed by atoms with Crippen LogP contribution in [-0.4, -0.2) is 21.6 Å². The van der Waals surface area contributed by atoms with Crippen molar-refractivity contribution < 1.29 is 4.74 Å². The van der Waals surface area contributed by atoms with Crippen LogP contribution in [0.25, 0.3) is 0 Å². The second kappa shape index (κ2) is 7.17. The number of pyridine rings is 1. The van der Waals surface area contributed by atoms with Crippen molar-refractivity contribution in [1.29, 1.82) is 0 Å². The maximum atomic E-state index is 6.00. The van der Waals surface area contributed by atoms with Gasteiger partial charge in [0.25, 0.3) is 0 Å². The van der Waals surface area contributed by atoms with Crippen LogP contribution in [0.2, 0.25) is 5.15 Å². The summed E-state index contributed by atoms with van der Waals surface area (Å²) in [6.07, 6.45) is 3.57. The van der Waals surface area contributed by atoms with Crippen LogP contribution in [0.1, 0.15) is 31.3 Å². The van der Waals surface area contributed by atoms with Gasteiger partial charge in [0.1, 0.15) is 17.6 Å². The molecule has 2 rings (SSSR count). The van der Waals surface area contributed by atoms with Gasteiger partial charge in [0, 0.05) is 25.1 Å². The SMILES string of the molecule is CCOCc1nc(Cl)cc(NC(C)c2cccnc2)n1. The molecule has 6 heteroatoms. The molecule has 20 heavy (non-hydrogen) atoms. The molecule has 2 aromatic rings. The molecule has 2 heterocycles. The van der Waals surface area contributed by atoms with Crippen LogP contribution in [0.3, 0.4) is 0 Å². The van der Waals surface area contributed by atoms with E-state index in [1.807, 2.05) is 32.2 Å². The van der Waals surface area contributed by atoms with E-state index in [-0.39, 0.29) is 6.04 Å². The Morgan fingerprint density at radius 1 is 1.40 bits per heavy atom. The Kier molecular flexibility index (Phi) is 5.26. The fourth-order valence-electron chi connectivity index (χ4n) is 1.73. The first-order chi connectivity index (χ1) is 9.69. The Bertz CT molecular complexity index is 550. The summed E-state index contributed by atoms with van der Waals surface area (Å²) in [6.45, 7) is 4.93. The summed E-state index contributed by atoms with van der Waals surface area (Å²) in [4.78, 5) is 12.6. The second-order valence-electron chi connectivity index (χ2n) is 4.28. The quantitative estimate of drug-likeness (QED) is 0.828. The molecule has 1 unspecified atom stereocenters.